The predicted molar refractivity (Wildman–Crippen MR) is 136 cm³/mol. The summed E-state index contributed by atoms with van der Waals surface area (Å²) in [6.07, 6.45) is -0.205. The van der Waals surface area contributed by atoms with E-state index in [0.717, 1.165) is 11.8 Å². The Balaban J connectivity index is 1.06. The van der Waals surface area contributed by atoms with Crippen molar-refractivity contribution in [2.45, 2.75) is 53.0 Å². The molecule has 1 saturated carbocycles. The second kappa shape index (κ2) is 9.30. The molecule has 10 atom stereocenters. The third kappa shape index (κ3) is 3.76. The third-order valence-electron chi connectivity index (χ3n) is 7.44. The van der Waals surface area contributed by atoms with E-state index < -0.39 is 61.2 Å². The minimum atomic E-state index is -3.33. The van der Waals surface area contributed by atoms with Gasteiger partial charge in [-0.05, 0) is 0 Å². The second-order valence-electron chi connectivity index (χ2n) is 9.67. The minimum absolute atomic E-state index is 0.173. The molecular weight excluding hydrogens is 571 g/mol. The minimum Gasteiger partial charge on any atom is -0.389 e. The molecule has 2 aliphatic heterocycles. The van der Waals surface area contributed by atoms with Crippen molar-refractivity contribution in [1.29, 1.82) is 0 Å². The number of rotatable bonds is 7. The molecule has 0 spiro atoms. The molecule has 0 bridgehead atoms. The Morgan fingerprint density at radius 1 is 1.15 bits per heavy atom. The number of aromatic nitrogens is 7. The second-order valence-corrected chi connectivity index (χ2v) is 12.1. The van der Waals surface area contributed by atoms with Gasteiger partial charge < -0.3 is 35.4 Å². The first-order valence-corrected chi connectivity index (χ1v) is 14.2. The van der Waals surface area contributed by atoms with Crippen LogP contribution >= 0.6 is 20.0 Å². The summed E-state index contributed by atoms with van der Waals surface area (Å²) >= 11 is 1.16. The molecule has 4 aromatic rings. The van der Waals surface area contributed by atoms with Crippen LogP contribution in [-0.4, -0.2) is 102 Å². The van der Waals surface area contributed by atoms with Crippen molar-refractivity contribution >= 4 is 42.8 Å². The quantitative estimate of drug-likeness (QED) is 0.146. The molecule has 0 aromatic carbocycles. The van der Waals surface area contributed by atoms with Gasteiger partial charge in [0.2, 0.25) is 5.78 Å². The summed E-state index contributed by atoms with van der Waals surface area (Å²) in [5.41, 5.74) is 4.38. The highest BCUT2D eigenvalue weighted by Crippen LogP contribution is 2.57. The standard InChI is InChI=1S/C21H23N8O9PS/c22-16-10-17(25-6-24-16)29(7-26-10)19-12(32)11(31)8(40-19)5-36-39(35)38-15-18(37-14-13(33)21(14,15)34)28-3-1-9(30)27-4-2-23-20(27)28/h1-4,6-8,11-15,18-19,31-34,39H,5H2,(H2,22,24,25)/t8-,11-,12-,13?,14-,15+,18-,19-,21-/m1/s1. The van der Waals surface area contributed by atoms with Gasteiger partial charge in [0, 0.05) is 24.7 Å². The molecule has 17 nitrogen and oxygen atoms in total. The van der Waals surface area contributed by atoms with Gasteiger partial charge >= 0.3 is 8.25 Å². The smallest absolute Gasteiger partial charge is 0.319 e. The van der Waals surface area contributed by atoms with E-state index in [0.29, 0.717) is 11.2 Å². The highest BCUT2D eigenvalue weighted by atomic mass is 32.2. The van der Waals surface area contributed by atoms with E-state index in [1.807, 2.05) is 0 Å². The number of anilines is 1. The highest BCUT2D eigenvalue weighted by Gasteiger charge is 2.78. The molecule has 6 N–H and O–H groups in total. The lowest BCUT2D eigenvalue weighted by Gasteiger charge is -2.27. The fourth-order valence-corrected chi connectivity index (χ4v) is 7.71. The summed E-state index contributed by atoms with van der Waals surface area (Å²) in [4.78, 5) is 28.5. The normalized spacial score (nSPS) is 35.9. The number of imidazole rings is 2. The van der Waals surface area contributed by atoms with E-state index in [-0.39, 0.29) is 23.8 Å². The van der Waals surface area contributed by atoms with E-state index in [1.54, 1.807) is 4.57 Å². The van der Waals surface area contributed by atoms with Gasteiger partial charge in [0.05, 0.1) is 24.3 Å². The number of fused-ring (bicyclic) bond motifs is 3. The fourth-order valence-electron chi connectivity index (χ4n) is 5.26. The number of nitrogen functional groups attached to an aromatic ring is 1. The molecule has 3 fully saturated rings. The molecule has 3 aliphatic rings. The molecule has 2 saturated heterocycles. The van der Waals surface area contributed by atoms with Gasteiger partial charge in [-0.2, -0.15) is 0 Å². The van der Waals surface area contributed by atoms with Crippen LogP contribution in [0, 0.1) is 0 Å². The molecular formula is C21H23N8O9PS. The van der Waals surface area contributed by atoms with Crippen molar-refractivity contribution in [3.8, 4) is 0 Å². The zero-order chi connectivity index (χ0) is 27.9. The van der Waals surface area contributed by atoms with Crippen LogP contribution in [0.5, 0.6) is 0 Å². The molecule has 4 aromatic heterocycles. The van der Waals surface area contributed by atoms with E-state index in [1.165, 1.54) is 46.3 Å². The van der Waals surface area contributed by atoms with E-state index in [2.05, 4.69) is 19.9 Å². The molecule has 0 radical (unpaired) electrons. The van der Waals surface area contributed by atoms with Gasteiger partial charge in [-0.3, -0.25) is 27.4 Å². The van der Waals surface area contributed by atoms with Crippen molar-refractivity contribution in [2.75, 3.05) is 12.3 Å². The van der Waals surface area contributed by atoms with E-state index in [9.17, 15) is 29.8 Å². The first-order chi connectivity index (χ1) is 19.2. The molecule has 2 unspecified atom stereocenters. The Bertz CT molecular complexity index is 1700. The molecule has 6 heterocycles. The molecule has 212 valence electrons. The van der Waals surface area contributed by atoms with Crippen LogP contribution in [-0.2, 0) is 18.3 Å². The zero-order valence-electron chi connectivity index (χ0n) is 20.2. The van der Waals surface area contributed by atoms with E-state index in [4.69, 9.17) is 19.5 Å². The molecule has 40 heavy (non-hydrogen) atoms. The monoisotopic (exact) mass is 594 g/mol. The first kappa shape index (κ1) is 26.0. The van der Waals surface area contributed by atoms with Crippen molar-refractivity contribution in [2.24, 2.45) is 0 Å². The maximum atomic E-state index is 12.9. The number of thioether (sulfide) groups is 1. The van der Waals surface area contributed by atoms with Crippen molar-refractivity contribution < 1.29 is 38.8 Å². The number of ether oxygens (including phenoxy) is 1. The van der Waals surface area contributed by atoms with Gasteiger partial charge in [-0.25, -0.2) is 19.9 Å². The SMILES string of the molecule is Nc1ncnc2c1ncn2[C@@H]1S[C@H](CO[PH](=O)O[C@H]2[C@H](n3ccc(=O)n4ccnc34)O[C@@H]3C(O)[C@@]32O)[C@@H](O)[C@H]1O. The maximum Gasteiger partial charge on any atom is 0.319 e. The number of aliphatic hydroxyl groups is 4. The average Bonchev–Trinajstić information content (AvgIpc) is 3.52. The largest absolute Gasteiger partial charge is 0.389 e. The molecule has 7 rings (SSSR count). The summed E-state index contributed by atoms with van der Waals surface area (Å²) in [7, 11) is -3.33. The van der Waals surface area contributed by atoms with Crippen LogP contribution < -0.4 is 11.3 Å². The lowest BCUT2D eigenvalue weighted by molar-refractivity contribution is -0.0854. The van der Waals surface area contributed by atoms with Gasteiger partial charge in [0.25, 0.3) is 5.56 Å². The number of hydrogen-bond donors (Lipinski definition) is 5. The summed E-state index contributed by atoms with van der Waals surface area (Å²) in [5, 5.41) is 41.1. The highest BCUT2D eigenvalue weighted by molar-refractivity contribution is 8.00. The van der Waals surface area contributed by atoms with Crippen LogP contribution in [0.4, 0.5) is 5.82 Å². The van der Waals surface area contributed by atoms with E-state index >= 15 is 0 Å². The van der Waals surface area contributed by atoms with Gasteiger partial charge in [0.15, 0.2) is 23.3 Å². The van der Waals surface area contributed by atoms with Crippen LogP contribution in [0.25, 0.3) is 16.9 Å². The molecule has 1 aliphatic carbocycles. The maximum absolute atomic E-state index is 12.9. The summed E-state index contributed by atoms with van der Waals surface area (Å²) in [6.45, 7) is -0.272. The number of hydrogen-bond acceptors (Lipinski definition) is 15. The summed E-state index contributed by atoms with van der Waals surface area (Å²) in [6, 6.07) is 1.27. The Morgan fingerprint density at radius 2 is 1.98 bits per heavy atom. The number of nitrogens with zero attached hydrogens (tertiary/aromatic N) is 7. The Labute approximate surface area is 228 Å². The fraction of sp³-hybridized carbons (Fsp3) is 0.476. The lowest BCUT2D eigenvalue weighted by Crippen LogP contribution is -2.39. The predicted octanol–water partition coefficient (Wildman–Crippen LogP) is -1.95. The van der Waals surface area contributed by atoms with Gasteiger partial charge in [-0.15, -0.1) is 11.8 Å². The number of nitrogens with two attached hydrogens (primary N) is 1. The summed E-state index contributed by atoms with van der Waals surface area (Å²) < 4.78 is 34.0. The topological polar surface area (TPSA) is 235 Å². The van der Waals surface area contributed by atoms with Crippen LogP contribution in [0.15, 0.2) is 42.1 Å². The molecule has 19 heteroatoms. The molecule has 0 amide bonds. The number of aliphatic hydroxyl groups excluding tert-OH is 3. The lowest BCUT2D eigenvalue weighted by atomic mass is 10.1. The zero-order valence-corrected chi connectivity index (χ0v) is 22.1. The Kier molecular flexibility index (Phi) is 6.04. The Morgan fingerprint density at radius 3 is 2.80 bits per heavy atom. The van der Waals surface area contributed by atoms with Crippen molar-refractivity contribution in [3.63, 3.8) is 0 Å². The average molecular weight is 595 g/mol. The third-order valence-corrected chi connectivity index (χ3v) is 9.83. The van der Waals surface area contributed by atoms with Crippen LogP contribution in [0.1, 0.15) is 11.6 Å². The van der Waals surface area contributed by atoms with Gasteiger partial charge in [0.1, 0.15) is 41.6 Å². The Hall–Kier alpha value is -2.93. The van der Waals surface area contributed by atoms with Gasteiger partial charge in [-0.1, -0.05) is 0 Å². The van der Waals surface area contributed by atoms with Crippen LogP contribution in [0.3, 0.4) is 0 Å². The van der Waals surface area contributed by atoms with Crippen molar-refractivity contribution in [1.82, 2.24) is 33.5 Å². The van der Waals surface area contributed by atoms with Crippen LogP contribution in [0.2, 0.25) is 0 Å². The summed E-state index contributed by atoms with van der Waals surface area (Å²) in [5.74, 6) is 0.363. The van der Waals surface area contributed by atoms with Crippen molar-refractivity contribution in [3.05, 3.63) is 47.7 Å². The first-order valence-electron chi connectivity index (χ1n) is 12.1.